The molecule has 2 aromatic rings. The summed E-state index contributed by atoms with van der Waals surface area (Å²) in [6.45, 7) is 1.73. The highest BCUT2D eigenvalue weighted by atomic mass is 16.5. The Morgan fingerprint density at radius 1 is 1.38 bits per heavy atom. The maximum Gasteiger partial charge on any atom is 0.270 e. The second-order valence-corrected chi connectivity index (χ2v) is 5.72. The molecule has 0 saturated heterocycles. The molecule has 2 aromatic heterocycles. The van der Waals surface area contributed by atoms with Gasteiger partial charge < -0.3 is 23.9 Å². The molecule has 1 aliphatic heterocycles. The summed E-state index contributed by atoms with van der Waals surface area (Å²) in [5, 5.41) is 2.72. The number of nitrogens with one attached hydrogen (secondary N) is 1. The van der Waals surface area contributed by atoms with Crippen LogP contribution in [0.3, 0.4) is 0 Å². The van der Waals surface area contributed by atoms with Gasteiger partial charge in [-0.3, -0.25) is 14.4 Å². The van der Waals surface area contributed by atoms with Gasteiger partial charge in [-0.25, -0.2) is 0 Å². The zero-order valence-electron chi connectivity index (χ0n) is 14.3. The number of nitrogens with zero attached hydrogens (tertiary/aromatic N) is 2. The lowest BCUT2D eigenvalue weighted by atomic mass is 10.2. The summed E-state index contributed by atoms with van der Waals surface area (Å²) in [7, 11) is 1.42. The van der Waals surface area contributed by atoms with Gasteiger partial charge in [-0.1, -0.05) is 0 Å². The molecule has 136 valence electrons. The first kappa shape index (κ1) is 17.5. The molecule has 0 atom stereocenters. The minimum Gasteiger partial charge on any atom is -0.491 e. The molecule has 0 radical (unpaired) electrons. The number of ether oxygens (including phenoxy) is 1. The van der Waals surface area contributed by atoms with Gasteiger partial charge in [0.05, 0.1) is 19.6 Å². The number of furan rings is 1. The fourth-order valence-electron chi connectivity index (χ4n) is 2.70. The molecule has 0 aromatic carbocycles. The Balaban J connectivity index is 1.55. The molecule has 0 bridgehead atoms. The zero-order chi connectivity index (χ0) is 18.5. The average Bonchev–Trinajstić information content (AvgIpc) is 3.15. The quantitative estimate of drug-likeness (QED) is 0.770. The van der Waals surface area contributed by atoms with Gasteiger partial charge in [-0.2, -0.15) is 0 Å². The smallest absolute Gasteiger partial charge is 0.270 e. The van der Waals surface area contributed by atoms with Crippen molar-refractivity contribution in [2.75, 3.05) is 26.7 Å². The van der Waals surface area contributed by atoms with E-state index < -0.39 is 0 Å². The predicted octanol–water partition coefficient (Wildman–Crippen LogP) is 0.735. The number of aromatic nitrogens is 1. The molecule has 0 saturated carbocycles. The average molecular weight is 357 g/mol. The van der Waals surface area contributed by atoms with E-state index in [1.165, 1.54) is 25.5 Å². The highest BCUT2D eigenvalue weighted by Crippen LogP contribution is 2.14. The van der Waals surface area contributed by atoms with Crippen LogP contribution in [0, 0.1) is 0 Å². The number of pyridine rings is 1. The fraction of sp³-hybridized carbons (Fsp3) is 0.278. The molecule has 0 aliphatic carbocycles. The first-order valence-electron chi connectivity index (χ1n) is 8.15. The normalized spacial score (nSPS) is 13.7. The number of methoxy groups -OCH3 is 1. The van der Waals surface area contributed by atoms with Crippen molar-refractivity contribution in [2.45, 2.75) is 6.54 Å². The van der Waals surface area contributed by atoms with Crippen molar-refractivity contribution in [3.05, 3.63) is 58.4 Å². The summed E-state index contributed by atoms with van der Waals surface area (Å²) in [5.74, 6) is 0.290. The minimum absolute atomic E-state index is 0.214. The van der Waals surface area contributed by atoms with Gasteiger partial charge >= 0.3 is 0 Å². The van der Waals surface area contributed by atoms with E-state index in [4.69, 9.17) is 9.15 Å². The second kappa shape index (κ2) is 7.73. The third kappa shape index (κ3) is 3.85. The largest absolute Gasteiger partial charge is 0.491 e. The maximum atomic E-state index is 12.5. The summed E-state index contributed by atoms with van der Waals surface area (Å²) >= 11 is 0. The molecule has 0 fully saturated rings. The van der Waals surface area contributed by atoms with Crippen LogP contribution in [0.25, 0.3) is 6.08 Å². The number of hydrogen-bond acceptors (Lipinski definition) is 5. The number of carbonyl (C=O) groups excluding carboxylic acids is 2. The predicted molar refractivity (Wildman–Crippen MR) is 93.9 cm³/mol. The minimum atomic E-state index is -0.328. The maximum absolute atomic E-state index is 12.5. The van der Waals surface area contributed by atoms with Gasteiger partial charge in [0.2, 0.25) is 11.3 Å². The molecule has 3 heterocycles. The third-order valence-corrected chi connectivity index (χ3v) is 4.05. The van der Waals surface area contributed by atoms with Crippen molar-refractivity contribution in [3.8, 4) is 5.75 Å². The van der Waals surface area contributed by atoms with Gasteiger partial charge in [0.1, 0.15) is 11.5 Å². The monoisotopic (exact) mass is 357 g/mol. The molecule has 1 aliphatic rings. The van der Waals surface area contributed by atoms with Crippen molar-refractivity contribution in [1.82, 2.24) is 14.8 Å². The Morgan fingerprint density at radius 3 is 2.96 bits per heavy atom. The Kier molecular flexibility index (Phi) is 5.21. The Hall–Kier alpha value is -3.29. The number of fused-ring (bicyclic) bond motifs is 1. The topological polar surface area (TPSA) is 93.8 Å². The molecule has 8 nitrogen and oxygen atoms in total. The Bertz CT molecular complexity index is 883. The lowest BCUT2D eigenvalue weighted by Gasteiger charge is -2.30. The molecular weight excluding hydrogens is 338 g/mol. The molecule has 8 heteroatoms. The summed E-state index contributed by atoms with van der Waals surface area (Å²) in [6, 6.07) is 4.76. The van der Waals surface area contributed by atoms with E-state index in [1.54, 1.807) is 33.9 Å². The Morgan fingerprint density at radius 2 is 2.23 bits per heavy atom. The van der Waals surface area contributed by atoms with E-state index in [9.17, 15) is 14.4 Å². The molecule has 0 spiro atoms. The van der Waals surface area contributed by atoms with Crippen LogP contribution in [-0.2, 0) is 11.3 Å². The lowest BCUT2D eigenvalue weighted by Crippen LogP contribution is -2.44. The zero-order valence-corrected chi connectivity index (χ0v) is 14.3. The van der Waals surface area contributed by atoms with Crippen molar-refractivity contribution < 1.29 is 18.7 Å². The van der Waals surface area contributed by atoms with E-state index in [-0.39, 0.29) is 23.0 Å². The van der Waals surface area contributed by atoms with Gasteiger partial charge in [0, 0.05) is 38.3 Å². The van der Waals surface area contributed by atoms with Gasteiger partial charge in [0.25, 0.3) is 5.91 Å². The summed E-state index contributed by atoms with van der Waals surface area (Å²) in [4.78, 5) is 37.8. The van der Waals surface area contributed by atoms with Crippen LogP contribution in [0.1, 0.15) is 16.2 Å². The molecule has 1 N–H and O–H groups in total. The number of hydrogen-bond donors (Lipinski definition) is 1. The first-order chi connectivity index (χ1) is 12.6. The van der Waals surface area contributed by atoms with Crippen LogP contribution < -0.4 is 15.5 Å². The number of carbonyl (C=O) groups is 2. The summed E-state index contributed by atoms with van der Waals surface area (Å²) in [5.41, 5.74) is -0.00333. The van der Waals surface area contributed by atoms with Crippen LogP contribution in [0.5, 0.6) is 5.75 Å². The van der Waals surface area contributed by atoms with Crippen molar-refractivity contribution in [3.63, 3.8) is 0 Å². The summed E-state index contributed by atoms with van der Waals surface area (Å²) < 4.78 is 11.8. The van der Waals surface area contributed by atoms with E-state index in [0.29, 0.717) is 37.6 Å². The van der Waals surface area contributed by atoms with Crippen LogP contribution in [-0.4, -0.2) is 48.0 Å². The standard InChI is InChI=1S/C18H19N3O5/c1-25-16-12-21-9-8-20(18(24)14(21)11-15(16)22)7-6-19-17(23)5-4-13-3-2-10-26-13/h2-5,10-12H,6-9H2,1H3,(H,19,23)/b5-4+. The van der Waals surface area contributed by atoms with Crippen LogP contribution in [0.2, 0.25) is 0 Å². The van der Waals surface area contributed by atoms with Crippen LogP contribution >= 0.6 is 0 Å². The van der Waals surface area contributed by atoms with Crippen molar-refractivity contribution in [2.24, 2.45) is 0 Å². The second-order valence-electron chi connectivity index (χ2n) is 5.72. The van der Waals surface area contributed by atoms with E-state index in [0.717, 1.165) is 0 Å². The Labute approximate surface area is 149 Å². The van der Waals surface area contributed by atoms with Crippen molar-refractivity contribution >= 4 is 17.9 Å². The van der Waals surface area contributed by atoms with Gasteiger partial charge in [0.15, 0.2) is 5.75 Å². The third-order valence-electron chi connectivity index (χ3n) is 4.05. The summed E-state index contributed by atoms with van der Waals surface area (Å²) in [6.07, 6.45) is 6.02. The highest BCUT2D eigenvalue weighted by molar-refractivity contribution is 5.93. The molecule has 0 unspecified atom stereocenters. The van der Waals surface area contributed by atoms with Gasteiger partial charge in [-0.15, -0.1) is 0 Å². The fourth-order valence-corrected chi connectivity index (χ4v) is 2.70. The molecule has 2 amide bonds. The lowest BCUT2D eigenvalue weighted by molar-refractivity contribution is -0.116. The van der Waals surface area contributed by atoms with E-state index in [1.807, 2.05) is 0 Å². The van der Waals surface area contributed by atoms with Crippen LogP contribution in [0.15, 0.2) is 45.9 Å². The van der Waals surface area contributed by atoms with E-state index >= 15 is 0 Å². The molecule has 26 heavy (non-hydrogen) atoms. The van der Waals surface area contributed by atoms with E-state index in [2.05, 4.69) is 5.32 Å². The highest BCUT2D eigenvalue weighted by Gasteiger charge is 2.24. The molecular formula is C18H19N3O5. The molecule has 3 rings (SSSR count). The SMILES string of the molecule is COc1cn2c(cc1=O)C(=O)N(CCNC(=O)/C=C/c1ccco1)CC2. The number of amides is 2. The van der Waals surface area contributed by atoms with Gasteiger partial charge in [-0.05, 0) is 18.2 Å². The first-order valence-corrected chi connectivity index (χ1v) is 8.15. The number of rotatable bonds is 6. The van der Waals surface area contributed by atoms with Crippen molar-refractivity contribution in [1.29, 1.82) is 0 Å². The van der Waals surface area contributed by atoms with Crippen LogP contribution in [0.4, 0.5) is 0 Å².